The molecule has 0 fully saturated rings. The molecule has 0 heterocycles. The van der Waals surface area contributed by atoms with E-state index in [1.54, 1.807) is 0 Å². The number of rotatable bonds is 5. The molecule has 0 saturated carbocycles. The van der Waals surface area contributed by atoms with Gasteiger partial charge in [0.05, 0.1) is 0 Å². The molecule has 0 radical (unpaired) electrons. The third-order valence-corrected chi connectivity index (χ3v) is 3.23. The molecule has 1 unspecified atom stereocenters. The summed E-state index contributed by atoms with van der Waals surface area (Å²) < 4.78 is 0. The number of hydrogen-bond acceptors (Lipinski definition) is 1. The van der Waals surface area contributed by atoms with Gasteiger partial charge >= 0.3 is 0 Å². The highest BCUT2D eigenvalue weighted by molar-refractivity contribution is 9.09. The smallest absolute Gasteiger partial charge is 0.0208 e. The van der Waals surface area contributed by atoms with Crippen LogP contribution in [0.1, 0.15) is 30.0 Å². The van der Waals surface area contributed by atoms with Crippen molar-refractivity contribution >= 4 is 15.9 Å². The van der Waals surface area contributed by atoms with Crippen LogP contribution in [0.3, 0.4) is 0 Å². The average molecular weight is 270 g/mol. The predicted molar refractivity (Wildman–Crippen MR) is 70.6 cm³/mol. The minimum atomic E-state index is 0.575. The Morgan fingerprint density at radius 3 is 2.60 bits per heavy atom. The number of aryl methyl sites for hydroxylation is 2. The third-order valence-electron chi connectivity index (χ3n) is 2.77. The fourth-order valence-corrected chi connectivity index (χ4v) is 2.16. The van der Waals surface area contributed by atoms with Gasteiger partial charge in [0.15, 0.2) is 0 Å². The summed E-state index contributed by atoms with van der Waals surface area (Å²) in [7, 11) is 0. The molecule has 0 aromatic heterocycles. The summed E-state index contributed by atoms with van der Waals surface area (Å²) in [5.41, 5.74) is 4.12. The van der Waals surface area contributed by atoms with Crippen molar-refractivity contribution in [1.82, 2.24) is 5.32 Å². The molecule has 0 amide bonds. The summed E-state index contributed by atoms with van der Waals surface area (Å²) in [5.74, 6) is 0. The normalized spacial score (nSPS) is 12.8. The second-order valence-electron chi connectivity index (χ2n) is 4.18. The zero-order valence-electron chi connectivity index (χ0n) is 9.81. The van der Waals surface area contributed by atoms with Gasteiger partial charge < -0.3 is 5.32 Å². The van der Waals surface area contributed by atoms with Gasteiger partial charge in [-0.05, 0) is 43.9 Å². The third kappa shape index (κ3) is 4.35. The lowest BCUT2D eigenvalue weighted by Gasteiger charge is -2.13. The van der Waals surface area contributed by atoms with Gasteiger partial charge in [-0.1, -0.05) is 34.1 Å². The maximum atomic E-state index is 3.52. The van der Waals surface area contributed by atoms with Crippen molar-refractivity contribution in [2.75, 3.05) is 5.33 Å². The molecule has 15 heavy (non-hydrogen) atoms. The highest BCUT2D eigenvalue weighted by Crippen LogP contribution is 2.09. The Morgan fingerprint density at radius 1 is 1.27 bits per heavy atom. The van der Waals surface area contributed by atoms with Crippen LogP contribution in [0.15, 0.2) is 18.2 Å². The molecule has 1 N–H and O–H groups in total. The van der Waals surface area contributed by atoms with E-state index in [9.17, 15) is 0 Å². The van der Waals surface area contributed by atoms with Gasteiger partial charge in [-0.2, -0.15) is 0 Å². The monoisotopic (exact) mass is 269 g/mol. The van der Waals surface area contributed by atoms with Gasteiger partial charge in [0, 0.05) is 17.9 Å². The second kappa shape index (κ2) is 6.29. The first-order valence-corrected chi connectivity index (χ1v) is 6.61. The molecule has 0 aliphatic carbocycles. The van der Waals surface area contributed by atoms with E-state index in [0.717, 1.165) is 11.9 Å². The van der Waals surface area contributed by atoms with Gasteiger partial charge in [-0.3, -0.25) is 0 Å². The highest BCUT2D eigenvalue weighted by Gasteiger charge is 2.01. The Hall–Kier alpha value is -0.340. The minimum Gasteiger partial charge on any atom is -0.310 e. The molecule has 0 spiro atoms. The van der Waals surface area contributed by atoms with E-state index in [0.29, 0.717) is 6.04 Å². The lowest BCUT2D eigenvalue weighted by molar-refractivity contribution is 0.538. The van der Waals surface area contributed by atoms with E-state index in [2.05, 4.69) is 60.2 Å². The topological polar surface area (TPSA) is 12.0 Å². The summed E-state index contributed by atoms with van der Waals surface area (Å²) in [4.78, 5) is 0. The summed E-state index contributed by atoms with van der Waals surface area (Å²) >= 11 is 3.46. The fraction of sp³-hybridized carbons (Fsp3) is 0.538. The van der Waals surface area contributed by atoms with E-state index in [1.165, 1.54) is 23.1 Å². The van der Waals surface area contributed by atoms with Crippen molar-refractivity contribution in [2.45, 2.75) is 39.8 Å². The summed E-state index contributed by atoms with van der Waals surface area (Å²) in [6, 6.07) is 7.24. The van der Waals surface area contributed by atoms with Crippen molar-refractivity contribution in [3.05, 3.63) is 34.9 Å². The molecule has 0 saturated heterocycles. The molecule has 1 nitrogen and oxygen atoms in total. The van der Waals surface area contributed by atoms with E-state index in [1.807, 2.05) is 0 Å². The summed E-state index contributed by atoms with van der Waals surface area (Å²) in [5, 5.41) is 4.58. The molecule has 1 atom stereocenters. The zero-order chi connectivity index (χ0) is 11.3. The van der Waals surface area contributed by atoms with Crippen LogP contribution in [0.2, 0.25) is 0 Å². The molecular weight excluding hydrogens is 250 g/mol. The lowest BCUT2D eigenvalue weighted by Crippen LogP contribution is -2.25. The van der Waals surface area contributed by atoms with Gasteiger partial charge in [0.1, 0.15) is 0 Å². The number of nitrogens with one attached hydrogen (secondary N) is 1. The molecule has 0 aliphatic heterocycles. The predicted octanol–water partition coefficient (Wildman–Crippen LogP) is 3.57. The first kappa shape index (κ1) is 12.7. The number of hydrogen-bond donors (Lipinski definition) is 1. The van der Waals surface area contributed by atoms with E-state index >= 15 is 0 Å². The highest BCUT2D eigenvalue weighted by atomic mass is 79.9. The Morgan fingerprint density at radius 2 is 2.00 bits per heavy atom. The summed E-state index contributed by atoms with van der Waals surface area (Å²) in [6.07, 6.45) is 1.17. The van der Waals surface area contributed by atoms with Crippen LogP contribution in [0.5, 0.6) is 0 Å². The van der Waals surface area contributed by atoms with Crippen LogP contribution in [0.4, 0.5) is 0 Å². The number of alkyl halides is 1. The Labute approximate surface area is 101 Å². The van der Waals surface area contributed by atoms with Gasteiger partial charge in [0.2, 0.25) is 0 Å². The number of benzene rings is 1. The van der Waals surface area contributed by atoms with Crippen molar-refractivity contribution in [3.8, 4) is 0 Å². The molecule has 2 heteroatoms. The summed E-state index contributed by atoms with van der Waals surface area (Å²) in [6.45, 7) is 7.51. The van der Waals surface area contributed by atoms with Crippen LogP contribution in [-0.2, 0) is 6.54 Å². The molecule has 84 valence electrons. The molecule has 1 rings (SSSR count). The van der Waals surface area contributed by atoms with Gasteiger partial charge in [-0.25, -0.2) is 0 Å². The van der Waals surface area contributed by atoms with Crippen molar-refractivity contribution < 1.29 is 0 Å². The van der Waals surface area contributed by atoms with Crippen LogP contribution in [0.25, 0.3) is 0 Å². The van der Waals surface area contributed by atoms with E-state index in [-0.39, 0.29) is 0 Å². The van der Waals surface area contributed by atoms with Gasteiger partial charge in [0.25, 0.3) is 0 Å². The standard InChI is InChI=1S/C13H20BrN/c1-10-4-5-13(8-11(10)2)9-15-12(3)6-7-14/h4-5,8,12,15H,6-7,9H2,1-3H3. The maximum absolute atomic E-state index is 3.52. The van der Waals surface area contributed by atoms with Crippen LogP contribution in [0, 0.1) is 13.8 Å². The molecule has 1 aromatic rings. The Kier molecular flexibility index (Phi) is 5.34. The second-order valence-corrected chi connectivity index (χ2v) is 4.97. The molecular formula is C13H20BrN. The Bertz CT molecular complexity index is 309. The first-order chi connectivity index (χ1) is 7.13. The lowest BCUT2D eigenvalue weighted by atomic mass is 10.1. The van der Waals surface area contributed by atoms with Crippen LogP contribution < -0.4 is 5.32 Å². The average Bonchev–Trinajstić information content (AvgIpc) is 2.20. The SMILES string of the molecule is Cc1ccc(CNC(C)CCBr)cc1C. The van der Waals surface area contributed by atoms with Crippen molar-refractivity contribution in [1.29, 1.82) is 0 Å². The quantitative estimate of drug-likeness (QED) is 0.806. The Balaban J connectivity index is 2.47. The molecule has 1 aromatic carbocycles. The maximum Gasteiger partial charge on any atom is 0.0208 e. The largest absolute Gasteiger partial charge is 0.310 e. The number of halogens is 1. The fourth-order valence-electron chi connectivity index (χ4n) is 1.47. The van der Waals surface area contributed by atoms with Crippen LogP contribution in [-0.4, -0.2) is 11.4 Å². The van der Waals surface area contributed by atoms with Crippen molar-refractivity contribution in [2.24, 2.45) is 0 Å². The molecule has 0 bridgehead atoms. The van der Waals surface area contributed by atoms with Gasteiger partial charge in [-0.15, -0.1) is 0 Å². The zero-order valence-corrected chi connectivity index (χ0v) is 11.4. The first-order valence-electron chi connectivity index (χ1n) is 5.49. The van der Waals surface area contributed by atoms with Crippen molar-refractivity contribution in [3.63, 3.8) is 0 Å². The minimum absolute atomic E-state index is 0.575. The van der Waals surface area contributed by atoms with E-state index in [4.69, 9.17) is 0 Å². The van der Waals surface area contributed by atoms with Crippen LogP contribution >= 0.6 is 15.9 Å². The van der Waals surface area contributed by atoms with E-state index < -0.39 is 0 Å². The molecule has 0 aliphatic rings.